The van der Waals surface area contributed by atoms with Crippen LogP contribution in [0.4, 0.5) is 5.69 Å². The van der Waals surface area contributed by atoms with E-state index in [-0.39, 0.29) is 5.91 Å². The zero-order chi connectivity index (χ0) is 12.3. The minimum Gasteiger partial charge on any atom is -0.497 e. The van der Waals surface area contributed by atoms with Gasteiger partial charge in [0.2, 0.25) is 0 Å². The fourth-order valence-corrected chi connectivity index (χ4v) is 2.12. The molecule has 1 aromatic carbocycles. The first-order valence-corrected chi connectivity index (χ1v) is 6.47. The summed E-state index contributed by atoms with van der Waals surface area (Å²) in [6, 6.07) is 5.37. The molecule has 0 fully saturated rings. The molecule has 88 valence electrons. The highest BCUT2D eigenvalue weighted by Gasteiger charge is 2.10. The Balaban J connectivity index is 2.21. The molecule has 0 saturated carbocycles. The molecule has 17 heavy (non-hydrogen) atoms. The van der Waals surface area contributed by atoms with Crippen molar-refractivity contribution in [3.63, 3.8) is 0 Å². The third-order valence-electron chi connectivity index (χ3n) is 2.09. The molecule has 0 spiro atoms. The van der Waals surface area contributed by atoms with Gasteiger partial charge in [-0.25, -0.2) is 4.98 Å². The van der Waals surface area contributed by atoms with E-state index in [4.69, 9.17) is 4.74 Å². The highest BCUT2D eigenvalue weighted by molar-refractivity contribution is 9.10. The summed E-state index contributed by atoms with van der Waals surface area (Å²) >= 11 is 4.75. The lowest BCUT2D eigenvalue weighted by molar-refractivity contribution is 0.102. The van der Waals surface area contributed by atoms with E-state index in [2.05, 4.69) is 26.2 Å². The number of benzene rings is 1. The fourth-order valence-electron chi connectivity index (χ4n) is 1.24. The second-order valence-electron chi connectivity index (χ2n) is 3.17. The van der Waals surface area contributed by atoms with Crippen LogP contribution in [0.15, 0.2) is 33.6 Å². The first-order chi connectivity index (χ1) is 8.20. The van der Waals surface area contributed by atoms with Gasteiger partial charge in [-0.2, -0.15) is 0 Å². The van der Waals surface area contributed by atoms with Crippen LogP contribution >= 0.6 is 27.3 Å². The van der Waals surface area contributed by atoms with Gasteiger partial charge in [-0.1, -0.05) is 0 Å². The van der Waals surface area contributed by atoms with E-state index in [9.17, 15) is 4.79 Å². The third-order valence-corrected chi connectivity index (χ3v) is 3.36. The van der Waals surface area contributed by atoms with E-state index < -0.39 is 0 Å². The maximum Gasteiger partial charge on any atom is 0.275 e. The fraction of sp³-hybridized carbons (Fsp3) is 0.0909. The second kappa shape index (κ2) is 5.29. The molecule has 2 rings (SSSR count). The molecule has 0 radical (unpaired) electrons. The number of aromatic nitrogens is 1. The number of ether oxygens (including phenoxy) is 1. The topological polar surface area (TPSA) is 51.2 Å². The zero-order valence-electron chi connectivity index (χ0n) is 8.94. The molecule has 1 aromatic heterocycles. The zero-order valence-corrected chi connectivity index (χ0v) is 11.3. The average Bonchev–Trinajstić information content (AvgIpc) is 2.85. The number of carbonyl (C=O) groups excluding carboxylic acids is 1. The Morgan fingerprint density at radius 3 is 3.00 bits per heavy atom. The average molecular weight is 313 g/mol. The third kappa shape index (κ3) is 2.83. The number of methoxy groups -OCH3 is 1. The number of thiazole rings is 1. The van der Waals surface area contributed by atoms with Crippen LogP contribution in [0, 0.1) is 0 Å². The van der Waals surface area contributed by atoms with E-state index in [1.165, 1.54) is 11.3 Å². The standard InChI is InChI=1S/C11H9BrN2O2S/c1-16-7-2-3-8(12)9(4-7)14-11(15)10-5-17-6-13-10/h2-6H,1H3,(H,14,15). The van der Waals surface area contributed by atoms with Gasteiger partial charge >= 0.3 is 0 Å². The Bertz CT molecular complexity index is 528. The van der Waals surface area contributed by atoms with Crippen molar-refractivity contribution in [1.82, 2.24) is 4.98 Å². The van der Waals surface area contributed by atoms with Crippen LogP contribution in [0.2, 0.25) is 0 Å². The number of carbonyl (C=O) groups is 1. The Hall–Kier alpha value is -1.40. The SMILES string of the molecule is COc1ccc(Br)c(NC(=O)c2cscn2)c1. The molecule has 0 atom stereocenters. The van der Waals surface area contributed by atoms with Gasteiger partial charge in [0.05, 0.1) is 18.3 Å². The Morgan fingerprint density at radius 1 is 1.53 bits per heavy atom. The summed E-state index contributed by atoms with van der Waals surface area (Å²) in [5.41, 5.74) is 2.68. The molecule has 0 aliphatic rings. The number of hydrogen-bond acceptors (Lipinski definition) is 4. The molecule has 0 aliphatic carbocycles. The summed E-state index contributed by atoms with van der Waals surface area (Å²) in [6.07, 6.45) is 0. The van der Waals surface area contributed by atoms with Crippen LogP contribution in [-0.4, -0.2) is 18.0 Å². The minimum absolute atomic E-state index is 0.236. The molecule has 0 aliphatic heterocycles. The minimum atomic E-state index is -0.236. The smallest absolute Gasteiger partial charge is 0.275 e. The predicted molar refractivity (Wildman–Crippen MR) is 70.8 cm³/mol. The van der Waals surface area contributed by atoms with Crippen LogP contribution in [-0.2, 0) is 0 Å². The van der Waals surface area contributed by atoms with E-state index in [0.29, 0.717) is 17.1 Å². The Kier molecular flexibility index (Phi) is 3.75. The second-order valence-corrected chi connectivity index (χ2v) is 4.75. The lowest BCUT2D eigenvalue weighted by atomic mass is 10.3. The van der Waals surface area contributed by atoms with Gasteiger partial charge in [-0.15, -0.1) is 11.3 Å². The summed E-state index contributed by atoms with van der Waals surface area (Å²) in [4.78, 5) is 15.7. The highest BCUT2D eigenvalue weighted by Crippen LogP contribution is 2.27. The lowest BCUT2D eigenvalue weighted by Gasteiger charge is -2.08. The van der Waals surface area contributed by atoms with Gasteiger partial charge in [0.25, 0.3) is 5.91 Å². The van der Waals surface area contributed by atoms with E-state index in [1.54, 1.807) is 24.1 Å². The number of nitrogens with one attached hydrogen (secondary N) is 1. The molecule has 6 heteroatoms. The Morgan fingerprint density at radius 2 is 2.35 bits per heavy atom. The van der Waals surface area contributed by atoms with Crippen LogP contribution in [0.1, 0.15) is 10.5 Å². The number of amides is 1. The molecule has 1 heterocycles. The number of hydrogen-bond donors (Lipinski definition) is 1. The predicted octanol–water partition coefficient (Wildman–Crippen LogP) is 3.17. The molecule has 4 nitrogen and oxygen atoms in total. The van der Waals surface area contributed by atoms with Crippen LogP contribution in [0.25, 0.3) is 0 Å². The van der Waals surface area contributed by atoms with Gasteiger partial charge in [0.15, 0.2) is 0 Å². The number of halogens is 1. The maximum absolute atomic E-state index is 11.8. The van der Waals surface area contributed by atoms with Crippen LogP contribution < -0.4 is 10.1 Å². The first kappa shape index (κ1) is 12.1. The molecule has 0 unspecified atom stereocenters. The van der Waals surface area contributed by atoms with Gasteiger partial charge in [0.1, 0.15) is 11.4 Å². The largest absolute Gasteiger partial charge is 0.497 e. The first-order valence-electron chi connectivity index (χ1n) is 4.74. The van der Waals surface area contributed by atoms with Crippen molar-refractivity contribution in [3.8, 4) is 5.75 Å². The van der Waals surface area contributed by atoms with Gasteiger partial charge < -0.3 is 10.1 Å². The van der Waals surface area contributed by atoms with Crippen molar-refractivity contribution in [1.29, 1.82) is 0 Å². The molecule has 2 aromatic rings. The van der Waals surface area contributed by atoms with Gasteiger partial charge in [-0.3, -0.25) is 4.79 Å². The number of anilines is 1. The molecule has 0 saturated heterocycles. The molecule has 0 bridgehead atoms. The van der Waals surface area contributed by atoms with Crippen molar-refractivity contribution in [2.45, 2.75) is 0 Å². The summed E-state index contributed by atoms with van der Waals surface area (Å²) in [7, 11) is 1.58. The quantitative estimate of drug-likeness (QED) is 0.947. The maximum atomic E-state index is 11.8. The number of nitrogens with zero attached hydrogens (tertiary/aromatic N) is 1. The highest BCUT2D eigenvalue weighted by atomic mass is 79.9. The number of rotatable bonds is 3. The van der Waals surface area contributed by atoms with Crippen molar-refractivity contribution < 1.29 is 9.53 Å². The molecule has 1 N–H and O–H groups in total. The van der Waals surface area contributed by atoms with E-state index in [1.807, 2.05) is 12.1 Å². The van der Waals surface area contributed by atoms with Crippen molar-refractivity contribution >= 4 is 38.9 Å². The Labute approximate surface area is 111 Å². The summed E-state index contributed by atoms with van der Waals surface area (Å²) in [5, 5.41) is 4.46. The molecular formula is C11H9BrN2O2S. The van der Waals surface area contributed by atoms with Gasteiger partial charge in [0, 0.05) is 15.9 Å². The monoisotopic (exact) mass is 312 g/mol. The molecular weight excluding hydrogens is 304 g/mol. The van der Waals surface area contributed by atoms with Gasteiger partial charge in [-0.05, 0) is 28.1 Å². The summed E-state index contributed by atoms with van der Waals surface area (Å²) in [6.45, 7) is 0. The molecule has 1 amide bonds. The lowest BCUT2D eigenvalue weighted by Crippen LogP contribution is -2.12. The van der Waals surface area contributed by atoms with E-state index >= 15 is 0 Å². The summed E-state index contributed by atoms with van der Waals surface area (Å²) in [5.74, 6) is 0.446. The summed E-state index contributed by atoms with van der Waals surface area (Å²) < 4.78 is 5.89. The van der Waals surface area contributed by atoms with Crippen LogP contribution in [0.3, 0.4) is 0 Å². The van der Waals surface area contributed by atoms with Crippen molar-refractivity contribution in [3.05, 3.63) is 39.3 Å². The van der Waals surface area contributed by atoms with E-state index in [0.717, 1.165) is 4.47 Å². The van der Waals surface area contributed by atoms with Crippen molar-refractivity contribution in [2.75, 3.05) is 12.4 Å². The van der Waals surface area contributed by atoms with Crippen LogP contribution in [0.5, 0.6) is 5.75 Å². The normalized spacial score (nSPS) is 10.0. The van der Waals surface area contributed by atoms with Crippen molar-refractivity contribution in [2.24, 2.45) is 0 Å².